The fourth-order valence-corrected chi connectivity index (χ4v) is 4.86. The van der Waals surface area contributed by atoms with Crippen LogP contribution in [0.1, 0.15) is 24.9 Å². The maximum absolute atomic E-state index is 12.7. The van der Waals surface area contributed by atoms with Gasteiger partial charge in [-0.15, -0.1) is 11.8 Å². The third-order valence-corrected chi connectivity index (χ3v) is 6.76. The monoisotopic (exact) mass is 462 g/mol. The van der Waals surface area contributed by atoms with E-state index in [1.807, 2.05) is 30.3 Å². The fourth-order valence-electron chi connectivity index (χ4n) is 3.05. The van der Waals surface area contributed by atoms with Gasteiger partial charge in [0.15, 0.2) is 11.5 Å². The van der Waals surface area contributed by atoms with Crippen LogP contribution in [0.2, 0.25) is 0 Å². The Kier molecular flexibility index (Phi) is 8.78. The van der Waals surface area contributed by atoms with Crippen LogP contribution in [0.25, 0.3) is 0 Å². The lowest BCUT2D eigenvalue weighted by molar-refractivity contribution is -0.137. The molecule has 0 aliphatic carbocycles. The molecule has 166 valence electrons. The van der Waals surface area contributed by atoms with E-state index in [0.717, 1.165) is 22.2 Å². The van der Waals surface area contributed by atoms with Crippen LogP contribution in [0, 0.1) is 0 Å². The Balaban J connectivity index is 1.63. The van der Waals surface area contributed by atoms with Gasteiger partial charge in [0.25, 0.3) is 0 Å². The van der Waals surface area contributed by atoms with Crippen molar-refractivity contribution < 1.29 is 24.2 Å². The summed E-state index contributed by atoms with van der Waals surface area (Å²) in [6.45, 7) is 2.21. The molecule has 0 fully saturated rings. The minimum atomic E-state index is -0.999. The van der Waals surface area contributed by atoms with E-state index in [4.69, 9.17) is 9.47 Å². The van der Waals surface area contributed by atoms with Crippen LogP contribution >= 0.6 is 23.5 Å². The highest BCUT2D eigenvalue weighted by Crippen LogP contribution is 2.34. The first-order chi connectivity index (χ1) is 15.0. The lowest BCUT2D eigenvalue weighted by atomic mass is 10.0. The minimum Gasteiger partial charge on any atom is -0.481 e. The molecule has 0 saturated carbocycles. The Labute approximate surface area is 190 Å². The van der Waals surface area contributed by atoms with Gasteiger partial charge in [0, 0.05) is 22.4 Å². The zero-order valence-electron chi connectivity index (χ0n) is 17.2. The predicted octanol–water partition coefficient (Wildman–Crippen LogP) is 4.14. The molecule has 0 radical (unpaired) electrons. The minimum absolute atomic E-state index is 0.0580. The molecule has 0 aromatic heterocycles. The molecule has 3 rings (SSSR count). The molecule has 0 spiro atoms. The molecule has 2 aromatic carbocycles. The van der Waals surface area contributed by atoms with E-state index in [0.29, 0.717) is 17.1 Å². The molecule has 1 heterocycles. The van der Waals surface area contributed by atoms with Crippen LogP contribution in [0.5, 0.6) is 11.5 Å². The molecular weight excluding hydrogens is 436 g/mol. The third-order valence-electron chi connectivity index (χ3n) is 4.54. The highest BCUT2D eigenvalue weighted by atomic mass is 32.2. The lowest BCUT2D eigenvalue weighted by Gasteiger charge is -2.22. The van der Waals surface area contributed by atoms with Crippen molar-refractivity contribution in [1.29, 1.82) is 0 Å². The molecule has 2 aromatic rings. The summed E-state index contributed by atoms with van der Waals surface area (Å²) in [5.41, 5.74) is 0.653. The van der Waals surface area contributed by atoms with Crippen molar-refractivity contribution in [3.8, 4) is 11.5 Å². The third kappa shape index (κ3) is 7.29. The summed E-state index contributed by atoms with van der Waals surface area (Å²) in [4.78, 5) is 25.3. The molecule has 3 N–H and O–H groups in total. The number of nitrogens with one attached hydrogen (secondary N) is 2. The Morgan fingerprint density at radius 3 is 2.58 bits per heavy atom. The van der Waals surface area contributed by atoms with Gasteiger partial charge in [0.2, 0.25) is 6.79 Å². The highest BCUT2D eigenvalue weighted by Gasteiger charge is 2.23. The summed E-state index contributed by atoms with van der Waals surface area (Å²) in [5, 5.41) is 15.1. The standard InChI is InChI=1S/C22H26N2O5S2/c1-2-30-12-16(13-31-17-6-4-3-5-7-17)23-22(27)24-18(11-21(25)26)15-8-9-19-20(10-15)29-14-28-19/h3-10,16,18H,2,11-14H2,1H3,(H,25,26)(H2,23,24,27)/t16-,18-/m0/s1. The molecule has 2 atom stereocenters. The van der Waals surface area contributed by atoms with Gasteiger partial charge < -0.3 is 25.2 Å². The molecule has 0 bridgehead atoms. The van der Waals surface area contributed by atoms with Crippen LogP contribution < -0.4 is 20.1 Å². The number of benzene rings is 2. The first-order valence-corrected chi connectivity index (χ1v) is 12.1. The van der Waals surface area contributed by atoms with Crippen LogP contribution in [-0.4, -0.2) is 47.2 Å². The molecule has 2 amide bonds. The number of amides is 2. The maximum atomic E-state index is 12.7. The number of rotatable bonds is 11. The number of hydrogen-bond donors (Lipinski definition) is 3. The van der Waals surface area contributed by atoms with Crippen LogP contribution in [0.15, 0.2) is 53.4 Å². The molecule has 1 aliphatic rings. The second kappa shape index (κ2) is 11.8. The summed E-state index contributed by atoms with van der Waals surface area (Å²) >= 11 is 3.43. The number of carboxylic acid groups (broad SMARTS) is 1. The van der Waals surface area contributed by atoms with Gasteiger partial charge in [0.1, 0.15) is 0 Å². The molecule has 9 heteroatoms. The number of aliphatic carboxylic acids is 1. The molecule has 0 unspecified atom stereocenters. The van der Waals surface area contributed by atoms with Crippen molar-refractivity contribution in [3.05, 3.63) is 54.1 Å². The van der Waals surface area contributed by atoms with Crippen molar-refractivity contribution >= 4 is 35.5 Å². The number of carboxylic acids is 1. The van der Waals surface area contributed by atoms with E-state index in [9.17, 15) is 14.7 Å². The number of hydrogen-bond acceptors (Lipinski definition) is 6. The van der Waals surface area contributed by atoms with Gasteiger partial charge in [-0.2, -0.15) is 11.8 Å². The molecule has 1 aliphatic heterocycles. The topological polar surface area (TPSA) is 96.9 Å². The van der Waals surface area contributed by atoms with Gasteiger partial charge in [-0.3, -0.25) is 4.79 Å². The molecule has 7 nitrogen and oxygen atoms in total. The van der Waals surface area contributed by atoms with E-state index >= 15 is 0 Å². The van der Waals surface area contributed by atoms with Crippen molar-refractivity contribution in [3.63, 3.8) is 0 Å². The molecule has 31 heavy (non-hydrogen) atoms. The van der Waals surface area contributed by atoms with Crippen molar-refractivity contribution in [2.24, 2.45) is 0 Å². The molecular formula is C22H26N2O5S2. The lowest BCUT2D eigenvalue weighted by Crippen LogP contribution is -2.46. The van der Waals surface area contributed by atoms with Crippen LogP contribution in [-0.2, 0) is 4.79 Å². The second-order valence-corrected chi connectivity index (χ2v) is 9.27. The highest BCUT2D eigenvalue weighted by molar-refractivity contribution is 8.00. The second-order valence-electron chi connectivity index (χ2n) is 6.86. The van der Waals surface area contributed by atoms with Gasteiger partial charge in [-0.1, -0.05) is 31.2 Å². The SMILES string of the molecule is CCSC[C@@H](CSc1ccccc1)NC(=O)N[C@@H](CC(=O)O)c1ccc2c(c1)OCO2. The van der Waals surface area contributed by atoms with E-state index in [1.165, 1.54) is 0 Å². The Bertz CT molecular complexity index is 881. The predicted molar refractivity (Wildman–Crippen MR) is 123 cm³/mol. The van der Waals surface area contributed by atoms with Crippen molar-refractivity contribution in [1.82, 2.24) is 10.6 Å². The summed E-state index contributed by atoms with van der Waals surface area (Å²) in [5.74, 6) is 2.61. The summed E-state index contributed by atoms with van der Waals surface area (Å²) < 4.78 is 10.7. The first kappa shape index (κ1) is 23.1. The zero-order chi connectivity index (χ0) is 22.1. The van der Waals surface area contributed by atoms with Gasteiger partial charge in [-0.05, 0) is 35.6 Å². The summed E-state index contributed by atoms with van der Waals surface area (Å²) in [7, 11) is 0. The maximum Gasteiger partial charge on any atom is 0.315 e. The number of carbonyl (C=O) groups is 2. The van der Waals surface area contributed by atoms with Crippen molar-refractivity contribution in [2.75, 3.05) is 24.1 Å². The average molecular weight is 463 g/mol. The molecule has 0 saturated heterocycles. The zero-order valence-corrected chi connectivity index (χ0v) is 18.8. The van der Waals surface area contributed by atoms with Crippen LogP contribution in [0.3, 0.4) is 0 Å². The van der Waals surface area contributed by atoms with Crippen LogP contribution in [0.4, 0.5) is 4.79 Å². The number of urea groups is 1. The number of ether oxygens (including phenoxy) is 2. The average Bonchev–Trinajstić information content (AvgIpc) is 3.23. The first-order valence-electron chi connectivity index (χ1n) is 9.99. The number of thioether (sulfide) groups is 2. The summed E-state index contributed by atoms with van der Waals surface area (Å²) in [6, 6.07) is 14.1. The van der Waals surface area contributed by atoms with E-state index < -0.39 is 12.0 Å². The van der Waals surface area contributed by atoms with Gasteiger partial charge in [-0.25, -0.2) is 4.79 Å². The Hall–Kier alpha value is -2.52. The number of fused-ring (bicyclic) bond motifs is 1. The fraction of sp³-hybridized carbons (Fsp3) is 0.364. The Morgan fingerprint density at radius 1 is 1.06 bits per heavy atom. The smallest absolute Gasteiger partial charge is 0.315 e. The van der Waals surface area contributed by atoms with Gasteiger partial charge >= 0.3 is 12.0 Å². The quantitative estimate of drug-likeness (QED) is 0.432. The van der Waals surface area contributed by atoms with E-state index in [2.05, 4.69) is 17.6 Å². The normalized spacial score (nSPS) is 14.0. The van der Waals surface area contributed by atoms with Crippen molar-refractivity contribution in [2.45, 2.75) is 30.3 Å². The van der Waals surface area contributed by atoms with Gasteiger partial charge in [0.05, 0.1) is 12.5 Å². The van der Waals surface area contributed by atoms with E-state index in [1.54, 1.807) is 41.7 Å². The summed E-state index contributed by atoms with van der Waals surface area (Å²) in [6.07, 6.45) is -0.236. The van der Waals surface area contributed by atoms with E-state index in [-0.39, 0.29) is 25.3 Å². The largest absolute Gasteiger partial charge is 0.481 e. The number of carbonyl (C=O) groups excluding carboxylic acids is 1. The Morgan fingerprint density at radius 2 is 1.84 bits per heavy atom.